The van der Waals surface area contributed by atoms with Gasteiger partial charge >= 0.3 is 0 Å². The molecule has 0 spiro atoms. The number of carbonyl (C=O) groups is 1. The molecule has 1 heterocycles. The lowest BCUT2D eigenvalue weighted by atomic mass is 10.1. The molecule has 2 aromatic carbocycles. The Labute approximate surface area is 162 Å². The first-order chi connectivity index (χ1) is 13.1. The van der Waals surface area contributed by atoms with Crippen LogP contribution in [-0.4, -0.2) is 30.0 Å². The number of hydrogen-bond donors (Lipinski definition) is 1. The number of nitrogens with zero attached hydrogens (tertiary/aromatic N) is 1. The summed E-state index contributed by atoms with van der Waals surface area (Å²) in [6.07, 6.45) is 5.42. The van der Waals surface area contributed by atoms with Crippen LogP contribution < -0.4 is 10.1 Å². The third kappa shape index (κ3) is 6.10. The molecule has 4 heteroatoms. The third-order valence-electron chi connectivity index (χ3n) is 4.80. The van der Waals surface area contributed by atoms with Crippen LogP contribution >= 0.6 is 0 Å². The molecule has 0 saturated carbocycles. The summed E-state index contributed by atoms with van der Waals surface area (Å²) in [5.41, 5.74) is 2.71. The summed E-state index contributed by atoms with van der Waals surface area (Å²) in [7, 11) is 0. The van der Waals surface area contributed by atoms with Crippen molar-refractivity contribution in [3.8, 4) is 5.75 Å². The van der Waals surface area contributed by atoms with Crippen molar-refractivity contribution < 1.29 is 9.53 Å². The molecule has 1 N–H and O–H groups in total. The molecule has 0 aromatic heterocycles. The fraction of sp³-hybridized carbons (Fsp3) is 0.435. The highest BCUT2D eigenvalue weighted by molar-refractivity contribution is 6.04. The molecule has 144 valence electrons. The standard InChI is InChI=1S/C23H30N2O2/c1-18(2)27-22-13-11-21(12-14-22)24-23(26)20-9-7-19(8-10-20)17-25-15-5-3-4-6-16-25/h7-14,18H,3-6,15-17H2,1-2H3,(H,24,26). The zero-order chi connectivity index (χ0) is 19.1. The average molecular weight is 367 g/mol. The van der Waals surface area contributed by atoms with Crippen LogP contribution in [0.3, 0.4) is 0 Å². The van der Waals surface area contributed by atoms with Gasteiger partial charge in [-0.05, 0) is 81.7 Å². The van der Waals surface area contributed by atoms with Gasteiger partial charge in [0.1, 0.15) is 5.75 Å². The Morgan fingerprint density at radius 3 is 2.19 bits per heavy atom. The van der Waals surface area contributed by atoms with Crippen LogP contribution in [0.5, 0.6) is 5.75 Å². The maximum absolute atomic E-state index is 12.5. The molecule has 27 heavy (non-hydrogen) atoms. The van der Waals surface area contributed by atoms with Gasteiger partial charge in [0.25, 0.3) is 5.91 Å². The number of anilines is 1. The van der Waals surface area contributed by atoms with Gasteiger partial charge in [0.15, 0.2) is 0 Å². The first-order valence-corrected chi connectivity index (χ1v) is 9.99. The van der Waals surface area contributed by atoms with E-state index in [1.54, 1.807) is 0 Å². The predicted octanol–water partition coefficient (Wildman–Crippen LogP) is 5.10. The van der Waals surface area contributed by atoms with E-state index >= 15 is 0 Å². The van der Waals surface area contributed by atoms with Gasteiger partial charge in [0, 0.05) is 17.8 Å². The zero-order valence-electron chi connectivity index (χ0n) is 16.4. The van der Waals surface area contributed by atoms with Crippen LogP contribution in [0.4, 0.5) is 5.69 Å². The second-order valence-corrected chi connectivity index (χ2v) is 7.53. The lowest BCUT2D eigenvalue weighted by Crippen LogP contribution is -2.24. The molecule has 1 fully saturated rings. The van der Waals surface area contributed by atoms with Crippen molar-refractivity contribution in [2.24, 2.45) is 0 Å². The second kappa shape index (κ2) is 9.56. The molecule has 3 rings (SSSR count). The number of likely N-dealkylation sites (tertiary alicyclic amines) is 1. The molecule has 1 saturated heterocycles. The van der Waals surface area contributed by atoms with E-state index in [1.165, 1.54) is 44.3 Å². The lowest BCUT2D eigenvalue weighted by Gasteiger charge is -2.19. The number of rotatable bonds is 6. The van der Waals surface area contributed by atoms with Crippen molar-refractivity contribution >= 4 is 11.6 Å². The van der Waals surface area contributed by atoms with Gasteiger partial charge in [-0.1, -0.05) is 25.0 Å². The molecule has 0 radical (unpaired) electrons. The van der Waals surface area contributed by atoms with Gasteiger partial charge in [-0.3, -0.25) is 9.69 Å². The summed E-state index contributed by atoms with van der Waals surface area (Å²) < 4.78 is 5.63. The SMILES string of the molecule is CC(C)Oc1ccc(NC(=O)c2ccc(CN3CCCCCC3)cc2)cc1. The van der Waals surface area contributed by atoms with Gasteiger partial charge in [0.05, 0.1) is 6.10 Å². The van der Waals surface area contributed by atoms with Gasteiger partial charge in [-0.25, -0.2) is 0 Å². The maximum Gasteiger partial charge on any atom is 0.255 e. The summed E-state index contributed by atoms with van der Waals surface area (Å²) in [6.45, 7) is 7.31. The van der Waals surface area contributed by atoms with E-state index in [0.717, 1.165) is 18.0 Å². The molecule has 1 amide bonds. The Morgan fingerprint density at radius 2 is 1.59 bits per heavy atom. The Bertz CT molecular complexity index is 715. The van der Waals surface area contributed by atoms with Crippen molar-refractivity contribution in [1.82, 2.24) is 4.90 Å². The summed E-state index contributed by atoms with van der Waals surface area (Å²) in [4.78, 5) is 15.0. The van der Waals surface area contributed by atoms with E-state index in [9.17, 15) is 4.79 Å². The van der Waals surface area contributed by atoms with Crippen molar-refractivity contribution in [3.05, 3.63) is 59.7 Å². The van der Waals surface area contributed by atoms with Crippen molar-refractivity contribution in [2.75, 3.05) is 18.4 Å². The summed E-state index contributed by atoms with van der Waals surface area (Å²) in [6, 6.07) is 15.4. The van der Waals surface area contributed by atoms with Gasteiger partial charge in [-0.15, -0.1) is 0 Å². The van der Waals surface area contributed by atoms with Crippen LogP contribution in [0.15, 0.2) is 48.5 Å². The van der Waals surface area contributed by atoms with Crippen molar-refractivity contribution in [1.29, 1.82) is 0 Å². The Hall–Kier alpha value is -2.33. The Balaban J connectivity index is 1.55. The summed E-state index contributed by atoms with van der Waals surface area (Å²) in [5.74, 6) is 0.717. The minimum Gasteiger partial charge on any atom is -0.491 e. The number of carbonyl (C=O) groups excluding carboxylic acids is 1. The number of hydrogen-bond acceptors (Lipinski definition) is 3. The maximum atomic E-state index is 12.5. The third-order valence-corrected chi connectivity index (χ3v) is 4.80. The van der Waals surface area contributed by atoms with Gasteiger partial charge < -0.3 is 10.1 Å². The predicted molar refractivity (Wildman–Crippen MR) is 110 cm³/mol. The highest BCUT2D eigenvalue weighted by Gasteiger charge is 2.11. The van der Waals surface area contributed by atoms with Crippen LogP contribution in [0.25, 0.3) is 0 Å². The van der Waals surface area contributed by atoms with Crippen LogP contribution in [0.2, 0.25) is 0 Å². The molecule has 0 bridgehead atoms. The molecule has 1 aliphatic heterocycles. The molecule has 4 nitrogen and oxygen atoms in total. The highest BCUT2D eigenvalue weighted by atomic mass is 16.5. The lowest BCUT2D eigenvalue weighted by molar-refractivity contribution is 0.102. The molecule has 0 atom stereocenters. The second-order valence-electron chi connectivity index (χ2n) is 7.53. The monoisotopic (exact) mass is 366 g/mol. The van der Waals surface area contributed by atoms with Crippen molar-refractivity contribution in [3.63, 3.8) is 0 Å². The molecule has 0 unspecified atom stereocenters. The zero-order valence-corrected chi connectivity index (χ0v) is 16.4. The normalized spacial score (nSPS) is 15.4. The summed E-state index contributed by atoms with van der Waals surface area (Å²) in [5, 5.41) is 2.94. The smallest absolute Gasteiger partial charge is 0.255 e. The van der Waals surface area contributed by atoms with Crippen molar-refractivity contribution in [2.45, 2.75) is 52.2 Å². The fourth-order valence-electron chi connectivity index (χ4n) is 3.41. The molecular weight excluding hydrogens is 336 g/mol. The van der Waals surface area contributed by atoms with E-state index in [1.807, 2.05) is 50.2 Å². The Kier molecular flexibility index (Phi) is 6.88. The first kappa shape index (κ1) is 19.4. The van der Waals surface area contributed by atoms with E-state index in [0.29, 0.717) is 5.56 Å². The van der Waals surface area contributed by atoms with Crippen LogP contribution in [-0.2, 0) is 6.54 Å². The highest BCUT2D eigenvalue weighted by Crippen LogP contribution is 2.18. The molecule has 2 aromatic rings. The molecular formula is C23H30N2O2. The van der Waals surface area contributed by atoms with E-state index in [2.05, 4.69) is 22.3 Å². The number of benzene rings is 2. The topological polar surface area (TPSA) is 41.6 Å². The fourth-order valence-corrected chi connectivity index (χ4v) is 3.41. The molecule has 0 aliphatic carbocycles. The number of amides is 1. The molecule has 1 aliphatic rings. The average Bonchev–Trinajstić information content (AvgIpc) is 2.92. The van der Waals surface area contributed by atoms with Gasteiger partial charge in [0.2, 0.25) is 0 Å². The first-order valence-electron chi connectivity index (χ1n) is 9.99. The van der Waals surface area contributed by atoms with E-state index < -0.39 is 0 Å². The van der Waals surface area contributed by atoms with Gasteiger partial charge in [-0.2, -0.15) is 0 Å². The Morgan fingerprint density at radius 1 is 0.963 bits per heavy atom. The number of ether oxygens (including phenoxy) is 1. The summed E-state index contributed by atoms with van der Waals surface area (Å²) >= 11 is 0. The van der Waals surface area contributed by atoms with E-state index in [4.69, 9.17) is 4.74 Å². The number of nitrogens with one attached hydrogen (secondary N) is 1. The van der Waals surface area contributed by atoms with Crippen LogP contribution in [0.1, 0.15) is 55.5 Å². The largest absolute Gasteiger partial charge is 0.491 e. The minimum absolute atomic E-state index is 0.0890. The van der Waals surface area contributed by atoms with Crippen LogP contribution in [0, 0.1) is 0 Å². The van der Waals surface area contributed by atoms with E-state index in [-0.39, 0.29) is 12.0 Å². The minimum atomic E-state index is -0.0890. The quantitative estimate of drug-likeness (QED) is 0.773.